The molecule has 0 unspecified atom stereocenters. The Morgan fingerprint density at radius 2 is 1.95 bits per heavy atom. The van der Waals surface area contributed by atoms with E-state index in [1.54, 1.807) is 17.0 Å². The molecule has 0 radical (unpaired) electrons. The molecule has 1 aromatic carbocycles. The van der Waals surface area contributed by atoms with Crippen LogP contribution in [0, 0.1) is 6.92 Å². The number of carbonyl (C=O) groups excluding carboxylic acids is 1. The zero-order valence-corrected chi connectivity index (χ0v) is 12.0. The molecule has 0 atom stereocenters. The van der Waals surface area contributed by atoms with Crippen molar-refractivity contribution in [3.63, 3.8) is 0 Å². The highest BCUT2D eigenvalue weighted by atomic mass is 16.4. The van der Waals surface area contributed by atoms with Gasteiger partial charge in [-0.05, 0) is 49.1 Å². The average molecular weight is 289 g/mol. The number of carbonyl (C=O) groups is 2. The maximum absolute atomic E-state index is 12.4. The number of hydrogen-bond donors (Lipinski definition) is 2. The smallest absolute Gasteiger partial charge is 0.328 e. The van der Waals surface area contributed by atoms with Crippen LogP contribution in [-0.4, -0.2) is 46.2 Å². The molecule has 1 amide bonds. The molecule has 5 heteroatoms. The third kappa shape index (κ3) is 3.92. The number of piperidine rings is 1. The van der Waals surface area contributed by atoms with Crippen molar-refractivity contribution < 1.29 is 19.8 Å². The molecule has 1 saturated heterocycles. The first-order valence-electron chi connectivity index (χ1n) is 6.96. The Kier molecular flexibility index (Phi) is 4.75. The third-order valence-corrected chi connectivity index (χ3v) is 3.68. The molecule has 5 nitrogen and oxygen atoms in total. The lowest BCUT2D eigenvalue weighted by Gasteiger charge is -2.29. The van der Waals surface area contributed by atoms with Crippen molar-refractivity contribution in [3.05, 3.63) is 41.0 Å². The van der Waals surface area contributed by atoms with Crippen molar-refractivity contribution in [2.75, 3.05) is 13.1 Å². The minimum Gasteiger partial charge on any atom is -0.478 e. The molecule has 112 valence electrons. The van der Waals surface area contributed by atoms with E-state index in [4.69, 9.17) is 5.11 Å². The van der Waals surface area contributed by atoms with Crippen molar-refractivity contribution in [1.29, 1.82) is 0 Å². The van der Waals surface area contributed by atoms with Gasteiger partial charge in [0.15, 0.2) is 0 Å². The summed E-state index contributed by atoms with van der Waals surface area (Å²) in [7, 11) is 0. The van der Waals surface area contributed by atoms with Crippen LogP contribution in [-0.2, 0) is 4.79 Å². The van der Waals surface area contributed by atoms with Gasteiger partial charge in [-0.25, -0.2) is 4.79 Å². The van der Waals surface area contributed by atoms with Crippen LogP contribution in [0.5, 0.6) is 0 Å². The SMILES string of the molecule is Cc1ccc(C(=O)N2CCC(O)CC2)cc1/C=C/C(=O)O. The van der Waals surface area contributed by atoms with Crippen molar-refractivity contribution in [1.82, 2.24) is 4.90 Å². The van der Waals surface area contributed by atoms with Crippen molar-refractivity contribution in [3.8, 4) is 0 Å². The minimum atomic E-state index is -1.02. The Morgan fingerprint density at radius 3 is 2.57 bits per heavy atom. The maximum Gasteiger partial charge on any atom is 0.328 e. The Morgan fingerprint density at radius 1 is 1.29 bits per heavy atom. The second kappa shape index (κ2) is 6.54. The monoisotopic (exact) mass is 289 g/mol. The summed E-state index contributed by atoms with van der Waals surface area (Å²) in [6.07, 6.45) is 3.44. The van der Waals surface area contributed by atoms with Crippen LogP contribution in [0.25, 0.3) is 6.08 Å². The van der Waals surface area contributed by atoms with E-state index in [2.05, 4.69) is 0 Å². The topological polar surface area (TPSA) is 77.8 Å². The number of aliphatic hydroxyl groups is 1. The van der Waals surface area contributed by atoms with E-state index in [1.807, 2.05) is 13.0 Å². The molecule has 0 bridgehead atoms. The predicted molar refractivity (Wildman–Crippen MR) is 79.0 cm³/mol. The van der Waals surface area contributed by atoms with Crippen LogP contribution < -0.4 is 0 Å². The summed E-state index contributed by atoms with van der Waals surface area (Å²) in [4.78, 5) is 24.7. The van der Waals surface area contributed by atoms with Gasteiger partial charge in [-0.15, -0.1) is 0 Å². The lowest BCUT2D eigenvalue weighted by molar-refractivity contribution is -0.131. The van der Waals surface area contributed by atoms with Crippen molar-refractivity contribution in [2.45, 2.75) is 25.9 Å². The molecule has 0 aromatic heterocycles. The van der Waals surface area contributed by atoms with E-state index in [0.717, 1.165) is 17.2 Å². The van der Waals surface area contributed by atoms with E-state index in [9.17, 15) is 14.7 Å². The Labute approximate surface area is 123 Å². The fourth-order valence-corrected chi connectivity index (χ4v) is 2.37. The molecule has 1 aromatic rings. The first-order chi connectivity index (χ1) is 9.97. The molecule has 1 aliphatic heterocycles. The van der Waals surface area contributed by atoms with Gasteiger partial charge < -0.3 is 15.1 Å². The molecule has 1 heterocycles. The van der Waals surface area contributed by atoms with Gasteiger partial charge in [-0.2, -0.15) is 0 Å². The zero-order chi connectivity index (χ0) is 15.4. The van der Waals surface area contributed by atoms with Crippen molar-refractivity contribution >= 4 is 18.0 Å². The highest BCUT2D eigenvalue weighted by molar-refractivity contribution is 5.95. The van der Waals surface area contributed by atoms with Gasteiger partial charge >= 0.3 is 5.97 Å². The number of hydrogen-bond acceptors (Lipinski definition) is 3. The average Bonchev–Trinajstić information content (AvgIpc) is 2.46. The lowest BCUT2D eigenvalue weighted by Crippen LogP contribution is -2.40. The standard InChI is InChI=1S/C16H19NO4/c1-11-2-3-13(10-12(11)4-5-15(19)20)16(21)17-8-6-14(18)7-9-17/h2-5,10,14,18H,6-9H2,1H3,(H,19,20)/b5-4+. The molecule has 2 rings (SSSR count). The molecule has 0 spiro atoms. The summed E-state index contributed by atoms with van der Waals surface area (Å²) in [5.74, 6) is -1.09. The third-order valence-electron chi connectivity index (χ3n) is 3.68. The summed E-state index contributed by atoms with van der Waals surface area (Å²) >= 11 is 0. The van der Waals surface area contributed by atoms with E-state index in [-0.39, 0.29) is 12.0 Å². The van der Waals surface area contributed by atoms with Crippen LogP contribution in [0.1, 0.15) is 34.3 Å². The number of nitrogens with zero attached hydrogens (tertiary/aromatic N) is 1. The molecule has 1 fully saturated rings. The molecule has 21 heavy (non-hydrogen) atoms. The molecule has 1 aliphatic rings. The maximum atomic E-state index is 12.4. The van der Waals surface area contributed by atoms with Crippen LogP contribution >= 0.6 is 0 Å². The van der Waals surface area contributed by atoms with Gasteiger partial charge in [-0.3, -0.25) is 4.79 Å². The van der Waals surface area contributed by atoms with Crippen LogP contribution in [0.2, 0.25) is 0 Å². The molecular formula is C16H19NO4. The molecule has 0 saturated carbocycles. The molecule has 0 aliphatic carbocycles. The minimum absolute atomic E-state index is 0.0770. The highest BCUT2D eigenvalue weighted by Gasteiger charge is 2.22. The molecular weight excluding hydrogens is 270 g/mol. The number of carboxylic acids is 1. The number of carboxylic acid groups (broad SMARTS) is 1. The number of aliphatic hydroxyl groups excluding tert-OH is 1. The summed E-state index contributed by atoms with van der Waals surface area (Å²) in [5, 5.41) is 18.2. The second-order valence-electron chi connectivity index (χ2n) is 5.27. The summed E-state index contributed by atoms with van der Waals surface area (Å²) in [6, 6.07) is 5.27. The fourth-order valence-electron chi connectivity index (χ4n) is 2.37. The van der Waals surface area contributed by atoms with Gasteiger partial charge in [0, 0.05) is 24.7 Å². The summed E-state index contributed by atoms with van der Waals surface area (Å²) in [5.41, 5.74) is 2.18. The van der Waals surface area contributed by atoms with Gasteiger partial charge in [0.25, 0.3) is 5.91 Å². The van der Waals surface area contributed by atoms with Gasteiger partial charge in [0.05, 0.1) is 6.10 Å². The van der Waals surface area contributed by atoms with Gasteiger partial charge in [0.2, 0.25) is 0 Å². The van der Waals surface area contributed by atoms with Crippen LogP contribution in [0.3, 0.4) is 0 Å². The predicted octanol–water partition coefficient (Wildman–Crippen LogP) is 1.69. The summed E-state index contributed by atoms with van der Waals surface area (Å²) < 4.78 is 0. The lowest BCUT2D eigenvalue weighted by atomic mass is 10.0. The largest absolute Gasteiger partial charge is 0.478 e. The van der Waals surface area contributed by atoms with E-state index >= 15 is 0 Å². The van der Waals surface area contributed by atoms with Crippen molar-refractivity contribution in [2.24, 2.45) is 0 Å². The number of rotatable bonds is 3. The van der Waals surface area contributed by atoms with E-state index in [1.165, 1.54) is 6.08 Å². The number of aryl methyl sites for hydroxylation is 1. The molecule has 2 N–H and O–H groups in total. The quantitative estimate of drug-likeness (QED) is 0.830. The second-order valence-corrected chi connectivity index (χ2v) is 5.27. The number of amides is 1. The Bertz CT molecular complexity index is 572. The number of likely N-dealkylation sites (tertiary alicyclic amines) is 1. The summed E-state index contributed by atoms with van der Waals surface area (Å²) in [6.45, 7) is 2.97. The number of benzene rings is 1. The van der Waals surface area contributed by atoms with Crippen LogP contribution in [0.4, 0.5) is 0 Å². The first-order valence-corrected chi connectivity index (χ1v) is 6.96. The van der Waals surface area contributed by atoms with Crippen LogP contribution in [0.15, 0.2) is 24.3 Å². The first kappa shape index (κ1) is 15.3. The highest BCUT2D eigenvalue weighted by Crippen LogP contribution is 2.17. The van der Waals surface area contributed by atoms with Gasteiger partial charge in [-0.1, -0.05) is 6.07 Å². The van der Waals surface area contributed by atoms with E-state index < -0.39 is 5.97 Å². The zero-order valence-electron chi connectivity index (χ0n) is 12.0. The van der Waals surface area contributed by atoms with E-state index in [0.29, 0.717) is 31.5 Å². The number of aliphatic carboxylic acids is 1. The Hall–Kier alpha value is -2.14. The Balaban J connectivity index is 2.18. The normalized spacial score (nSPS) is 16.4. The van der Waals surface area contributed by atoms with Gasteiger partial charge in [0.1, 0.15) is 0 Å². The fraction of sp³-hybridized carbons (Fsp3) is 0.375.